The number of hydrogen-bond donors (Lipinski definition) is 2. The number of guanidine groups is 1. The number of piperidine rings is 1. The lowest BCUT2D eigenvalue weighted by molar-refractivity contribution is 0.00927. The van der Waals surface area contributed by atoms with Crippen molar-refractivity contribution < 1.29 is 14.3 Å². The Kier molecular flexibility index (Phi) is 7.64. The Morgan fingerprint density at radius 3 is 2.28 bits per heavy atom. The van der Waals surface area contributed by atoms with Gasteiger partial charge in [0.2, 0.25) is 5.91 Å². The minimum Gasteiger partial charge on any atom is -0.444 e. The van der Waals surface area contributed by atoms with Crippen molar-refractivity contribution in [2.75, 3.05) is 26.7 Å². The third kappa shape index (κ3) is 6.87. The highest BCUT2D eigenvalue weighted by atomic mass is 16.6. The lowest BCUT2D eigenvalue weighted by atomic mass is 10.0. The van der Waals surface area contributed by atoms with Gasteiger partial charge in [0.25, 0.3) is 0 Å². The Morgan fingerprint density at radius 2 is 1.78 bits per heavy atom. The number of nitrogens with zero attached hydrogens (tertiary/aromatic N) is 3. The van der Waals surface area contributed by atoms with Gasteiger partial charge in [-0.05, 0) is 70.1 Å². The summed E-state index contributed by atoms with van der Waals surface area (Å²) in [5.74, 6) is 1.04. The predicted molar refractivity (Wildman–Crippen MR) is 125 cm³/mol. The van der Waals surface area contributed by atoms with Crippen molar-refractivity contribution in [3.8, 4) is 0 Å². The summed E-state index contributed by atoms with van der Waals surface area (Å²) in [6.07, 6.45) is 3.99. The fourth-order valence-corrected chi connectivity index (χ4v) is 3.96. The van der Waals surface area contributed by atoms with Crippen molar-refractivity contribution in [3.63, 3.8) is 0 Å². The van der Waals surface area contributed by atoms with E-state index in [2.05, 4.69) is 15.2 Å². The van der Waals surface area contributed by atoms with Gasteiger partial charge in [0, 0.05) is 44.8 Å². The van der Waals surface area contributed by atoms with Gasteiger partial charge in [-0.1, -0.05) is 12.1 Å². The van der Waals surface area contributed by atoms with E-state index in [4.69, 9.17) is 10.5 Å². The Balaban J connectivity index is 1.53. The molecule has 3 rings (SSSR count). The van der Waals surface area contributed by atoms with Gasteiger partial charge in [0.05, 0.1) is 0 Å². The highest BCUT2D eigenvalue weighted by molar-refractivity contribution is 5.92. The van der Waals surface area contributed by atoms with E-state index in [1.165, 1.54) is 12.8 Å². The van der Waals surface area contributed by atoms with E-state index in [0.717, 1.165) is 44.0 Å². The SMILES string of the molecule is CN=C(NCc1ccc(C(N)=O)cc1)N1CCC(N(CC2CC2)C(=O)OC(C)(C)C)CC1. The second-order valence-electron chi connectivity index (χ2n) is 9.76. The number of rotatable bonds is 6. The molecule has 1 saturated heterocycles. The van der Waals surface area contributed by atoms with Crippen LogP contribution in [-0.2, 0) is 11.3 Å². The molecule has 1 aliphatic carbocycles. The van der Waals surface area contributed by atoms with Gasteiger partial charge in [-0.2, -0.15) is 0 Å². The second-order valence-corrected chi connectivity index (χ2v) is 9.76. The monoisotopic (exact) mass is 443 g/mol. The van der Waals surface area contributed by atoms with E-state index in [1.54, 1.807) is 19.2 Å². The van der Waals surface area contributed by atoms with Crippen LogP contribution in [0, 0.1) is 5.92 Å². The van der Waals surface area contributed by atoms with Crippen LogP contribution in [0.5, 0.6) is 0 Å². The number of nitrogens with one attached hydrogen (secondary N) is 1. The van der Waals surface area contributed by atoms with E-state index in [9.17, 15) is 9.59 Å². The maximum absolute atomic E-state index is 12.8. The van der Waals surface area contributed by atoms with Gasteiger partial charge >= 0.3 is 6.09 Å². The number of carbonyl (C=O) groups excluding carboxylic acids is 2. The maximum atomic E-state index is 12.8. The zero-order valence-corrected chi connectivity index (χ0v) is 19.8. The molecule has 2 aliphatic rings. The molecule has 0 aromatic heterocycles. The lowest BCUT2D eigenvalue weighted by Gasteiger charge is -2.40. The van der Waals surface area contributed by atoms with Gasteiger partial charge in [-0.3, -0.25) is 9.79 Å². The molecule has 3 N–H and O–H groups in total. The molecule has 1 saturated carbocycles. The van der Waals surface area contributed by atoms with Gasteiger partial charge < -0.3 is 25.6 Å². The Hall–Kier alpha value is -2.77. The number of carbonyl (C=O) groups is 2. The number of likely N-dealkylation sites (tertiary alicyclic amines) is 1. The van der Waals surface area contributed by atoms with E-state index in [-0.39, 0.29) is 12.1 Å². The zero-order chi connectivity index (χ0) is 23.3. The highest BCUT2D eigenvalue weighted by Crippen LogP contribution is 2.32. The summed E-state index contributed by atoms with van der Waals surface area (Å²) in [6.45, 7) is 8.81. The summed E-state index contributed by atoms with van der Waals surface area (Å²) in [4.78, 5) is 32.7. The summed E-state index contributed by atoms with van der Waals surface area (Å²) in [7, 11) is 1.78. The molecule has 2 fully saturated rings. The molecular formula is C24H37N5O3. The number of aliphatic imine (C=N–C) groups is 1. The Morgan fingerprint density at radius 1 is 1.16 bits per heavy atom. The van der Waals surface area contributed by atoms with Crippen LogP contribution < -0.4 is 11.1 Å². The normalized spacial score (nSPS) is 17.8. The van der Waals surface area contributed by atoms with Crippen LogP contribution in [0.1, 0.15) is 62.4 Å². The molecule has 0 bridgehead atoms. The molecule has 1 aliphatic heterocycles. The molecular weight excluding hydrogens is 406 g/mol. The maximum Gasteiger partial charge on any atom is 0.410 e. The van der Waals surface area contributed by atoms with Crippen LogP contribution in [0.2, 0.25) is 0 Å². The molecule has 1 aromatic rings. The van der Waals surface area contributed by atoms with Crippen molar-refractivity contribution in [3.05, 3.63) is 35.4 Å². The molecule has 32 heavy (non-hydrogen) atoms. The minimum absolute atomic E-state index is 0.190. The van der Waals surface area contributed by atoms with Crippen LogP contribution in [-0.4, -0.2) is 66.1 Å². The molecule has 0 atom stereocenters. The highest BCUT2D eigenvalue weighted by Gasteiger charge is 2.35. The fraction of sp³-hybridized carbons (Fsp3) is 0.625. The fourth-order valence-electron chi connectivity index (χ4n) is 3.96. The minimum atomic E-state index is -0.485. The molecule has 1 aromatic carbocycles. The molecule has 0 radical (unpaired) electrons. The van der Waals surface area contributed by atoms with E-state index in [0.29, 0.717) is 18.0 Å². The van der Waals surface area contributed by atoms with Gasteiger partial charge in [-0.15, -0.1) is 0 Å². The molecule has 8 nitrogen and oxygen atoms in total. The zero-order valence-electron chi connectivity index (χ0n) is 19.8. The van der Waals surface area contributed by atoms with Crippen molar-refractivity contribution in [2.24, 2.45) is 16.6 Å². The van der Waals surface area contributed by atoms with Crippen LogP contribution in [0.15, 0.2) is 29.3 Å². The molecule has 2 amide bonds. The average Bonchev–Trinajstić information content (AvgIpc) is 3.56. The molecule has 176 valence electrons. The molecule has 8 heteroatoms. The summed E-state index contributed by atoms with van der Waals surface area (Å²) in [5, 5.41) is 3.40. The van der Waals surface area contributed by atoms with Crippen LogP contribution in [0.3, 0.4) is 0 Å². The van der Waals surface area contributed by atoms with Crippen molar-refractivity contribution >= 4 is 18.0 Å². The van der Waals surface area contributed by atoms with E-state index < -0.39 is 11.5 Å². The van der Waals surface area contributed by atoms with Crippen molar-refractivity contribution in [1.82, 2.24) is 15.1 Å². The molecule has 0 spiro atoms. The Labute approximate surface area is 191 Å². The number of benzene rings is 1. The number of hydrogen-bond acceptors (Lipinski definition) is 4. The number of primary amides is 1. The van der Waals surface area contributed by atoms with Gasteiger partial charge in [0.15, 0.2) is 5.96 Å². The first-order valence-electron chi connectivity index (χ1n) is 11.5. The van der Waals surface area contributed by atoms with E-state index >= 15 is 0 Å². The van der Waals surface area contributed by atoms with Gasteiger partial charge in [-0.25, -0.2) is 4.79 Å². The topological polar surface area (TPSA) is 100 Å². The van der Waals surface area contributed by atoms with Crippen LogP contribution in [0.25, 0.3) is 0 Å². The first kappa shape index (κ1) is 23.9. The van der Waals surface area contributed by atoms with Crippen molar-refractivity contribution in [2.45, 2.75) is 64.6 Å². The van der Waals surface area contributed by atoms with Crippen LogP contribution >= 0.6 is 0 Å². The van der Waals surface area contributed by atoms with Crippen molar-refractivity contribution in [1.29, 1.82) is 0 Å². The third-order valence-electron chi connectivity index (χ3n) is 5.89. The Bertz CT molecular complexity index is 819. The first-order valence-corrected chi connectivity index (χ1v) is 11.5. The quantitative estimate of drug-likeness (QED) is 0.520. The van der Waals surface area contributed by atoms with Gasteiger partial charge in [0.1, 0.15) is 5.60 Å². The first-order chi connectivity index (χ1) is 15.2. The summed E-state index contributed by atoms with van der Waals surface area (Å²) in [6, 6.07) is 7.45. The number of amides is 2. The molecule has 0 unspecified atom stereocenters. The summed E-state index contributed by atoms with van der Waals surface area (Å²) in [5.41, 5.74) is 6.37. The molecule has 1 heterocycles. The number of ether oxygens (including phenoxy) is 1. The summed E-state index contributed by atoms with van der Waals surface area (Å²) < 4.78 is 5.70. The standard InChI is InChI=1S/C24H37N5O3/c1-24(2,3)32-23(31)29(16-18-5-6-18)20-11-13-28(14-12-20)22(26-4)27-15-17-7-9-19(10-8-17)21(25)30/h7-10,18,20H,5-6,11-16H2,1-4H3,(H2,25,30)(H,26,27). The van der Waals surface area contributed by atoms with E-state index in [1.807, 2.05) is 37.8 Å². The largest absolute Gasteiger partial charge is 0.444 e. The third-order valence-corrected chi connectivity index (χ3v) is 5.89. The summed E-state index contributed by atoms with van der Waals surface area (Å²) >= 11 is 0. The lowest BCUT2D eigenvalue weighted by Crippen LogP contribution is -2.52. The van der Waals surface area contributed by atoms with Crippen LogP contribution in [0.4, 0.5) is 4.79 Å². The predicted octanol–water partition coefficient (Wildman–Crippen LogP) is 2.97. The second kappa shape index (κ2) is 10.2. The number of nitrogens with two attached hydrogens (primary N) is 1. The smallest absolute Gasteiger partial charge is 0.410 e. The average molecular weight is 444 g/mol.